The maximum atomic E-state index is 11.0. The standard InChI is InChI=1S/C20H22O2/c1-14(2)11-16-7-9-18(10-8-16)15(3)12-17-5-4-6-19(13-17)20(21)22/h4-10,12-14H,11H2,1-3H3,(H,21,22)/b15-12+. The summed E-state index contributed by atoms with van der Waals surface area (Å²) < 4.78 is 0. The number of rotatable bonds is 5. The van der Waals surface area contributed by atoms with Crippen molar-refractivity contribution in [2.24, 2.45) is 5.92 Å². The maximum absolute atomic E-state index is 11.0. The molecule has 0 spiro atoms. The van der Waals surface area contributed by atoms with E-state index < -0.39 is 5.97 Å². The molecule has 0 bridgehead atoms. The fraction of sp³-hybridized carbons (Fsp3) is 0.250. The van der Waals surface area contributed by atoms with E-state index in [9.17, 15) is 4.79 Å². The number of hydrogen-bond donors (Lipinski definition) is 1. The van der Waals surface area contributed by atoms with Crippen LogP contribution in [-0.4, -0.2) is 11.1 Å². The number of allylic oxidation sites excluding steroid dienone is 1. The number of benzene rings is 2. The Morgan fingerprint density at radius 2 is 1.77 bits per heavy atom. The number of carboxylic acids is 1. The highest BCUT2D eigenvalue weighted by molar-refractivity contribution is 5.89. The molecule has 22 heavy (non-hydrogen) atoms. The van der Waals surface area contributed by atoms with E-state index >= 15 is 0 Å². The van der Waals surface area contributed by atoms with Gasteiger partial charge in [-0.1, -0.05) is 56.3 Å². The zero-order chi connectivity index (χ0) is 16.1. The van der Waals surface area contributed by atoms with Crippen LogP contribution in [0, 0.1) is 5.92 Å². The van der Waals surface area contributed by atoms with Gasteiger partial charge in [0.05, 0.1) is 5.56 Å². The van der Waals surface area contributed by atoms with E-state index in [4.69, 9.17) is 5.11 Å². The van der Waals surface area contributed by atoms with Crippen LogP contribution in [0.4, 0.5) is 0 Å². The molecule has 0 aromatic heterocycles. The predicted molar refractivity (Wildman–Crippen MR) is 91.9 cm³/mol. The summed E-state index contributed by atoms with van der Waals surface area (Å²) in [5.41, 5.74) is 4.85. The summed E-state index contributed by atoms with van der Waals surface area (Å²) in [6.45, 7) is 6.48. The number of carbonyl (C=O) groups is 1. The molecule has 2 aromatic carbocycles. The first-order chi connectivity index (χ1) is 10.5. The Morgan fingerprint density at radius 1 is 1.09 bits per heavy atom. The molecule has 1 N–H and O–H groups in total. The summed E-state index contributed by atoms with van der Waals surface area (Å²) >= 11 is 0. The lowest BCUT2D eigenvalue weighted by atomic mass is 9.98. The van der Waals surface area contributed by atoms with Crippen LogP contribution >= 0.6 is 0 Å². The molecule has 0 fully saturated rings. The molecule has 0 aliphatic rings. The topological polar surface area (TPSA) is 37.3 Å². The summed E-state index contributed by atoms with van der Waals surface area (Å²) in [6, 6.07) is 15.6. The first-order valence-electron chi connectivity index (χ1n) is 7.56. The number of carboxylic acid groups (broad SMARTS) is 1. The Balaban J connectivity index is 2.21. The lowest BCUT2D eigenvalue weighted by Crippen LogP contribution is -1.95. The molecule has 2 aromatic rings. The SMILES string of the molecule is C/C(=C\c1cccc(C(=O)O)c1)c1ccc(CC(C)C)cc1. The highest BCUT2D eigenvalue weighted by Gasteiger charge is 2.03. The molecule has 0 amide bonds. The molecule has 0 aliphatic carbocycles. The van der Waals surface area contributed by atoms with E-state index in [0.717, 1.165) is 23.1 Å². The summed E-state index contributed by atoms with van der Waals surface area (Å²) in [4.78, 5) is 11.0. The van der Waals surface area contributed by atoms with E-state index in [0.29, 0.717) is 11.5 Å². The molecule has 0 unspecified atom stereocenters. The summed E-state index contributed by atoms with van der Waals surface area (Å²) in [5, 5.41) is 9.04. The Bertz CT molecular complexity index is 679. The third-order valence-corrected chi connectivity index (χ3v) is 3.57. The first-order valence-corrected chi connectivity index (χ1v) is 7.56. The van der Waals surface area contributed by atoms with Crippen molar-refractivity contribution in [2.45, 2.75) is 27.2 Å². The van der Waals surface area contributed by atoms with E-state index in [2.05, 4.69) is 38.1 Å². The van der Waals surface area contributed by atoms with Gasteiger partial charge in [-0.05, 0) is 53.7 Å². The van der Waals surface area contributed by atoms with Gasteiger partial charge in [0.2, 0.25) is 0 Å². The van der Waals surface area contributed by atoms with Gasteiger partial charge in [-0.3, -0.25) is 0 Å². The zero-order valence-electron chi connectivity index (χ0n) is 13.3. The minimum Gasteiger partial charge on any atom is -0.478 e. The van der Waals surface area contributed by atoms with Crippen molar-refractivity contribution in [1.82, 2.24) is 0 Å². The molecule has 2 rings (SSSR count). The molecule has 0 saturated carbocycles. The quantitative estimate of drug-likeness (QED) is 0.775. The van der Waals surface area contributed by atoms with Gasteiger partial charge in [-0.2, -0.15) is 0 Å². The molecule has 2 nitrogen and oxygen atoms in total. The van der Waals surface area contributed by atoms with Gasteiger partial charge in [0.25, 0.3) is 0 Å². The second-order valence-corrected chi connectivity index (χ2v) is 6.05. The van der Waals surface area contributed by atoms with E-state index in [1.54, 1.807) is 18.2 Å². The van der Waals surface area contributed by atoms with Gasteiger partial charge in [-0.15, -0.1) is 0 Å². The second-order valence-electron chi connectivity index (χ2n) is 6.05. The van der Waals surface area contributed by atoms with Gasteiger partial charge in [0, 0.05) is 0 Å². The Hall–Kier alpha value is -2.35. The smallest absolute Gasteiger partial charge is 0.335 e. The average molecular weight is 294 g/mol. The molecule has 0 atom stereocenters. The Kier molecular flexibility index (Phi) is 5.16. The zero-order valence-corrected chi connectivity index (χ0v) is 13.3. The van der Waals surface area contributed by atoms with Crippen LogP contribution in [0.5, 0.6) is 0 Å². The van der Waals surface area contributed by atoms with Crippen molar-refractivity contribution < 1.29 is 9.90 Å². The second kappa shape index (κ2) is 7.08. The van der Waals surface area contributed by atoms with Gasteiger partial charge >= 0.3 is 5.97 Å². The summed E-state index contributed by atoms with van der Waals surface area (Å²) in [7, 11) is 0. The molecule has 0 aliphatic heterocycles. The number of hydrogen-bond acceptors (Lipinski definition) is 1. The van der Waals surface area contributed by atoms with Gasteiger partial charge in [-0.25, -0.2) is 4.79 Å². The minimum absolute atomic E-state index is 0.314. The monoisotopic (exact) mass is 294 g/mol. The molecular weight excluding hydrogens is 272 g/mol. The van der Waals surface area contributed by atoms with Crippen molar-refractivity contribution in [1.29, 1.82) is 0 Å². The third-order valence-electron chi connectivity index (χ3n) is 3.57. The normalized spacial score (nSPS) is 11.7. The van der Waals surface area contributed by atoms with E-state index in [1.165, 1.54) is 5.56 Å². The highest BCUT2D eigenvalue weighted by Crippen LogP contribution is 2.20. The van der Waals surface area contributed by atoms with Crippen LogP contribution in [0.1, 0.15) is 47.8 Å². The summed E-state index contributed by atoms with van der Waals surface area (Å²) in [5.74, 6) is -0.243. The van der Waals surface area contributed by atoms with E-state index in [-0.39, 0.29) is 0 Å². The van der Waals surface area contributed by atoms with Crippen LogP contribution < -0.4 is 0 Å². The fourth-order valence-electron chi connectivity index (χ4n) is 2.47. The molecule has 114 valence electrons. The van der Waals surface area contributed by atoms with Crippen LogP contribution in [-0.2, 0) is 6.42 Å². The average Bonchev–Trinajstić information content (AvgIpc) is 2.47. The van der Waals surface area contributed by atoms with Gasteiger partial charge in [0.15, 0.2) is 0 Å². The predicted octanol–water partition coefficient (Wildman–Crippen LogP) is 5.14. The third kappa shape index (κ3) is 4.32. The lowest BCUT2D eigenvalue weighted by Gasteiger charge is -2.07. The van der Waals surface area contributed by atoms with Crippen molar-refractivity contribution in [3.05, 3.63) is 70.8 Å². The van der Waals surface area contributed by atoms with Gasteiger partial charge < -0.3 is 5.11 Å². The highest BCUT2D eigenvalue weighted by atomic mass is 16.4. The van der Waals surface area contributed by atoms with Crippen LogP contribution in [0.25, 0.3) is 11.6 Å². The minimum atomic E-state index is -0.897. The van der Waals surface area contributed by atoms with Crippen LogP contribution in [0.2, 0.25) is 0 Å². The fourth-order valence-corrected chi connectivity index (χ4v) is 2.47. The van der Waals surface area contributed by atoms with Gasteiger partial charge in [0.1, 0.15) is 0 Å². The molecule has 2 heteroatoms. The largest absolute Gasteiger partial charge is 0.478 e. The maximum Gasteiger partial charge on any atom is 0.335 e. The first kappa shape index (κ1) is 16.0. The Labute approximate surface area is 132 Å². The molecular formula is C20H22O2. The van der Waals surface area contributed by atoms with Crippen LogP contribution in [0.3, 0.4) is 0 Å². The molecule has 0 saturated heterocycles. The number of aromatic carboxylic acids is 1. The van der Waals surface area contributed by atoms with Crippen LogP contribution in [0.15, 0.2) is 48.5 Å². The van der Waals surface area contributed by atoms with Crippen molar-refractivity contribution in [3.63, 3.8) is 0 Å². The Morgan fingerprint density at radius 3 is 2.36 bits per heavy atom. The summed E-state index contributed by atoms with van der Waals surface area (Å²) in [6.07, 6.45) is 3.10. The van der Waals surface area contributed by atoms with Crippen molar-refractivity contribution in [2.75, 3.05) is 0 Å². The molecule has 0 heterocycles. The van der Waals surface area contributed by atoms with Crippen molar-refractivity contribution in [3.8, 4) is 0 Å². The van der Waals surface area contributed by atoms with Crippen molar-refractivity contribution >= 4 is 17.6 Å². The van der Waals surface area contributed by atoms with E-state index in [1.807, 2.05) is 19.1 Å². The lowest BCUT2D eigenvalue weighted by molar-refractivity contribution is 0.0697. The molecule has 0 radical (unpaired) electrons.